The van der Waals surface area contributed by atoms with E-state index in [0.29, 0.717) is 0 Å². The molecule has 4 aliphatic rings. The van der Waals surface area contributed by atoms with Crippen LogP contribution in [0, 0.1) is 22.7 Å². The van der Waals surface area contributed by atoms with Gasteiger partial charge in [-0.1, -0.05) is 30.6 Å². The molecule has 3 atom stereocenters. The van der Waals surface area contributed by atoms with E-state index in [1.165, 1.54) is 54.9 Å². The zero-order valence-corrected chi connectivity index (χ0v) is 14.0. The van der Waals surface area contributed by atoms with Gasteiger partial charge in [-0.05, 0) is 19.3 Å². The van der Waals surface area contributed by atoms with Crippen molar-refractivity contribution in [1.82, 2.24) is 0 Å². The van der Waals surface area contributed by atoms with E-state index in [1.54, 1.807) is 0 Å². The standard InChI is InChI=1S/C12H19.BrH.Zn/c1-11-4-9-3-10(5-11)7-12(2,6-9)8-11;;/h9H,3-8H2,1-2H3;1H;/q-1;;+2/p-1/t9?,11-,12+;;. The van der Waals surface area contributed by atoms with Gasteiger partial charge >= 0.3 is 30.0 Å². The van der Waals surface area contributed by atoms with Crippen LogP contribution in [0.15, 0.2) is 0 Å². The van der Waals surface area contributed by atoms with Crippen LogP contribution in [0.2, 0.25) is 0 Å². The van der Waals surface area contributed by atoms with E-state index in [0.717, 1.165) is 16.7 Å². The fourth-order valence-corrected chi connectivity index (χ4v) is 4.88. The van der Waals surface area contributed by atoms with Gasteiger partial charge in [0.05, 0.1) is 0 Å². The first-order valence-electron chi connectivity index (χ1n) is 5.67. The quantitative estimate of drug-likeness (QED) is 0.459. The van der Waals surface area contributed by atoms with Gasteiger partial charge in [0.25, 0.3) is 0 Å². The van der Waals surface area contributed by atoms with Crippen molar-refractivity contribution in [3.8, 4) is 0 Å². The first kappa shape index (κ1) is 11.6. The summed E-state index contributed by atoms with van der Waals surface area (Å²) in [6, 6.07) is 0. The Kier molecular flexibility index (Phi) is 3.18. The molecule has 4 fully saturated rings. The molecule has 0 radical (unpaired) electrons. The molecule has 0 heterocycles. The topological polar surface area (TPSA) is 0 Å². The zero-order chi connectivity index (χ0) is 10.4. The van der Waals surface area contributed by atoms with Crippen LogP contribution in [0.5, 0.6) is 0 Å². The molecule has 4 saturated carbocycles. The Morgan fingerprint density at radius 3 is 2.00 bits per heavy atom. The van der Waals surface area contributed by atoms with E-state index in [9.17, 15) is 0 Å². The minimum absolute atomic E-state index is 0.726. The van der Waals surface area contributed by atoms with Gasteiger partial charge in [-0.15, -0.1) is 0 Å². The number of hydrogen-bond donors (Lipinski definition) is 0. The molecule has 0 saturated heterocycles. The predicted octanol–water partition coefficient (Wildman–Crippen LogP) is 4.41. The van der Waals surface area contributed by atoms with Gasteiger partial charge in [0.1, 0.15) is 0 Å². The third-order valence-electron chi connectivity index (χ3n) is 4.35. The summed E-state index contributed by atoms with van der Waals surface area (Å²) in [5, 5.41) is 0. The van der Waals surface area contributed by atoms with Crippen LogP contribution in [0.1, 0.15) is 52.4 Å². The average molecular weight is 309 g/mol. The molecule has 0 aromatic rings. The summed E-state index contributed by atoms with van der Waals surface area (Å²) in [6.07, 6.45) is 9.02. The van der Waals surface area contributed by atoms with Crippen LogP contribution in [-0.4, -0.2) is 0 Å². The van der Waals surface area contributed by atoms with Crippen LogP contribution in [0.3, 0.4) is 0 Å². The molecule has 0 N–H and O–H groups in total. The fraction of sp³-hybridized carbons (Fsp3) is 0.917. The Bertz CT molecular complexity index is 192. The van der Waals surface area contributed by atoms with Crippen LogP contribution in [-0.2, 0) is 16.3 Å². The van der Waals surface area contributed by atoms with Gasteiger partial charge in [-0.25, -0.2) is 0 Å². The van der Waals surface area contributed by atoms with Gasteiger partial charge in [-0.2, -0.15) is 19.3 Å². The van der Waals surface area contributed by atoms with Gasteiger partial charge in [-0.3, -0.25) is 0 Å². The average Bonchev–Trinajstić information content (AvgIpc) is 2.00. The molecule has 2 heteroatoms. The maximum absolute atomic E-state index is 3.06. The summed E-state index contributed by atoms with van der Waals surface area (Å²) in [7, 11) is 0. The zero-order valence-electron chi connectivity index (χ0n) is 9.41. The second kappa shape index (κ2) is 3.84. The minimum atomic E-state index is 0.726. The van der Waals surface area contributed by atoms with E-state index in [2.05, 4.69) is 27.5 Å². The summed E-state index contributed by atoms with van der Waals surface area (Å²) in [5.74, 6) is 2.99. The Hall–Kier alpha value is 1.10. The number of hydrogen-bond acceptors (Lipinski definition) is 0. The molecule has 4 aliphatic carbocycles. The Morgan fingerprint density at radius 1 is 1.14 bits per heavy atom. The molecule has 4 rings (SSSR count). The van der Waals surface area contributed by atoms with Crippen molar-refractivity contribution in [2.45, 2.75) is 52.4 Å². The van der Waals surface area contributed by atoms with Crippen molar-refractivity contribution in [2.24, 2.45) is 16.7 Å². The molecule has 0 spiro atoms. The van der Waals surface area contributed by atoms with Gasteiger partial charge in [0.2, 0.25) is 0 Å². The molecular weight excluding hydrogens is 289 g/mol. The normalized spacial score (nSPS) is 50.2. The molecule has 0 amide bonds. The second-order valence-corrected chi connectivity index (χ2v) is 6.38. The van der Waals surface area contributed by atoms with E-state index in [1.807, 2.05) is 5.92 Å². The molecule has 0 aromatic heterocycles. The molecule has 1 unspecified atom stereocenters. The molecule has 4 bridgehead atoms. The summed E-state index contributed by atoms with van der Waals surface area (Å²) in [6.45, 7) is 5.05. The van der Waals surface area contributed by atoms with Gasteiger partial charge in [0, 0.05) is 0 Å². The predicted molar refractivity (Wildman–Crippen MR) is 59.6 cm³/mol. The number of rotatable bonds is 0. The van der Waals surface area contributed by atoms with Gasteiger partial charge < -0.3 is 5.92 Å². The first-order valence-corrected chi connectivity index (χ1v) is 12.6. The number of halogens is 1. The van der Waals surface area contributed by atoms with Crippen LogP contribution in [0.4, 0.5) is 0 Å². The Morgan fingerprint density at radius 2 is 1.64 bits per heavy atom. The van der Waals surface area contributed by atoms with E-state index in [-0.39, 0.29) is 0 Å². The molecule has 76 valence electrons. The third-order valence-corrected chi connectivity index (χ3v) is 4.35. The second-order valence-electron chi connectivity index (χ2n) is 6.38. The van der Waals surface area contributed by atoms with E-state index in [4.69, 9.17) is 0 Å². The molecule has 14 heavy (non-hydrogen) atoms. The monoisotopic (exact) mass is 306 g/mol. The SMILES string of the molecule is C[C@]12C[C-]3CC(C1)C[C@@](C)(C3)C2.[Zn+][Br]. The Labute approximate surface area is 105 Å². The molecule has 0 aromatic carbocycles. The van der Waals surface area contributed by atoms with Crippen molar-refractivity contribution < 1.29 is 16.3 Å². The molecular formula is C12H19BrZn. The van der Waals surface area contributed by atoms with Crippen molar-refractivity contribution in [3.05, 3.63) is 5.92 Å². The van der Waals surface area contributed by atoms with E-state index >= 15 is 0 Å². The van der Waals surface area contributed by atoms with Gasteiger partial charge in [0.15, 0.2) is 0 Å². The fourth-order valence-electron chi connectivity index (χ4n) is 4.88. The maximum atomic E-state index is 3.06. The van der Waals surface area contributed by atoms with Crippen molar-refractivity contribution in [3.63, 3.8) is 0 Å². The molecule has 0 nitrogen and oxygen atoms in total. The van der Waals surface area contributed by atoms with Crippen LogP contribution < -0.4 is 0 Å². The third kappa shape index (κ3) is 1.98. The van der Waals surface area contributed by atoms with Crippen molar-refractivity contribution in [2.75, 3.05) is 0 Å². The van der Waals surface area contributed by atoms with Crippen molar-refractivity contribution in [1.29, 1.82) is 0 Å². The van der Waals surface area contributed by atoms with Crippen LogP contribution in [0.25, 0.3) is 0 Å². The molecule has 0 aliphatic heterocycles. The van der Waals surface area contributed by atoms with Crippen LogP contribution >= 0.6 is 13.6 Å². The summed E-state index contributed by atoms with van der Waals surface area (Å²) >= 11 is 4.25. The van der Waals surface area contributed by atoms with Crippen molar-refractivity contribution >= 4 is 13.6 Å². The first-order chi connectivity index (χ1) is 6.57. The van der Waals surface area contributed by atoms with E-state index < -0.39 is 0 Å². The summed E-state index contributed by atoms with van der Waals surface area (Å²) < 4.78 is 0. The Balaban J connectivity index is 0.000000354. The summed E-state index contributed by atoms with van der Waals surface area (Å²) in [5.41, 5.74) is 1.45. The summed E-state index contributed by atoms with van der Waals surface area (Å²) in [4.78, 5) is 0.